The summed E-state index contributed by atoms with van der Waals surface area (Å²) >= 11 is 0. The van der Waals surface area contributed by atoms with Crippen molar-refractivity contribution in [3.8, 4) is 11.1 Å². The van der Waals surface area contributed by atoms with Gasteiger partial charge in [0.15, 0.2) is 0 Å². The number of carboxylic acid groups (broad SMARTS) is 1. The molecule has 0 atom stereocenters. The van der Waals surface area contributed by atoms with Crippen LogP contribution in [0, 0.1) is 12.8 Å². The highest BCUT2D eigenvalue weighted by Crippen LogP contribution is 2.27. The van der Waals surface area contributed by atoms with E-state index in [2.05, 4.69) is 11.3 Å². The molecule has 0 bridgehead atoms. The minimum atomic E-state index is -0.878. The number of hydrogen-bond acceptors (Lipinski definition) is 2. The molecule has 4 heteroatoms. The Balaban J connectivity index is 1.66. The second-order valence-corrected chi connectivity index (χ2v) is 6.62. The molecule has 1 saturated carbocycles. The molecule has 0 radical (unpaired) electrons. The number of nitrogens with zero attached hydrogens (tertiary/aromatic N) is 2. The van der Waals surface area contributed by atoms with E-state index in [0.29, 0.717) is 5.56 Å². The zero-order valence-electron chi connectivity index (χ0n) is 13.7. The summed E-state index contributed by atoms with van der Waals surface area (Å²) in [6.07, 6.45) is 12.0. The van der Waals surface area contributed by atoms with E-state index < -0.39 is 5.97 Å². The Morgan fingerprint density at radius 3 is 2.74 bits per heavy atom. The van der Waals surface area contributed by atoms with Gasteiger partial charge in [0, 0.05) is 18.3 Å². The zero-order chi connectivity index (χ0) is 16.2. The lowest BCUT2D eigenvalue weighted by molar-refractivity contribution is 0.0696. The summed E-state index contributed by atoms with van der Waals surface area (Å²) in [5.41, 5.74) is 3.22. The van der Waals surface area contributed by atoms with Crippen LogP contribution in [0.3, 0.4) is 0 Å². The maximum Gasteiger partial charge on any atom is 0.335 e. The molecule has 122 valence electrons. The first kappa shape index (κ1) is 15.8. The van der Waals surface area contributed by atoms with E-state index in [9.17, 15) is 4.79 Å². The highest BCUT2D eigenvalue weighted by Gasteiger charge is 2.14. The molecule has 1 aliphatic carbocycles. The molecule has 0 saturated heterocycles. The van der Waals surface area contributed by atoms with Crippen LogP contribution in [0.25, 0.3) is 11.1 Å². The highest BCUT2D eigenvalue weighted by atomic mass is 16.4. The summed E-state index contributed by atoms with van der Waals surface area (Å²) < 4.78 is 2.02. The molecule has 3 rings (SSSR count). The standard InChI is InChI=1S/C19H24N2O2/c1-14-11-16(7-8-18(14)19(22)23)17-12-20-21(13-17)10-9-15-5-3-2-4-6-15/h7-8,11-13,15H,2-6,9-10H2,1H3,(H,22,23). The second kappa shape index (κ2) is 6.99. The summed E-state index contributed by atoms with van der Waals surface area (Å²) in [5, 5.41) is 13.6. The molecule has 23 heavy (non-hydrogen) atoms. The van der Waals surface area contributed by atoms with Crippen molar-refractivity contribution in [3.05, 3.63) is 41.7 Å². The number of aryl methyl sites for hydroxylation is 2. The number of benzene rings is 1. The van der Waals surface area contributed by atoms with Crippen LogP contribution in [0.5, 0.6) is 0 Å². The first-order valence-electron chi connectivity index (χ1n) is 8.50. The Labute approximate surface area is 137 Å². The minimum absolute atomic E-state index is 0.360. The molecule has 4 nitrogen and oxygen atoms in total. The Bertz CT molecular complexity index is 684. The SMILES string of the molecule is Cc1cc(-c2cnn(CCC3CCCCC3)c2)ccc1C(=O)O. The van der Waals surface area contributed by atoms with Crippen LogP contribution in [0.4, 0.5) is 0 Å². The topological polar surface area (TPSA) is 55.1 Å². The van der Waals surface area contributed by atoms with Crippen LogP contribution in [-0.2, 0) is 6.54 Å². The van der Waals surface area contributed by atoms with Crippen LogP contribution >= 0.6 is 0 Å². The van der Waals surface area contributed by atoms with Gasteiger partial charge in [0.25, 0.3) is 0 Å². The van der Waals surface area contributed by atoms with Crippen molar-refractivity contribution in [2.45, 2.75) is 52.0 Å². The summed E-state index contributed by atoms with van der Waals surface area (Å²) in [6, 6.07) is 5.46. The van der Waals surface area contributed by atoms with E-state index >= 15 is 0 Å². The molecule has 0 aliphatic heterocycles. The predicted octanol–water partition coefficient (Wildman–Crippen LogP) is 4.53. The molecule has 1 aliphatic rings. The quantitative estimate of drug-likeness (QED) is 0.882. The molecule has 0 unspecified atom stereocenters. The van der Waals surface area contributed by atoms with Gasteiger partial charge < -0.3 is 5.11 Å². The number of rotatable bonds is 5. The van der Waals surface area contributed by atoms with Gasteiger partial charge in [-0.3, -0.25) is 4.68 Å². The van der Waals surface area contributed by atoms with Crippen molar-refractivity contribution in [2.75, 3.05) is 0 Å². The fraction of sp³-hybridized carbons (Fsp3) is 0.474. The van der Waals surface area contributed by atoms with Crippen LogP contribution in [-0.4, -0.2) is 20.9 Å². The largest absolute Gasteiger partial charge is 0.478 e. The van der Waals surface area contributed by atoms with Crippen LogP contribution < -0.4 is 0 Å². The zero-order valence-corrected chi connectivity index (χ0v) is 13.7. The summed E-state index contributed by atoms with van der Waals surface area (Å²) in [7, 11) is 0. The monoisotopic (exact) mass is 312 g/mol. The number of carboxylic acids is 1. The van der Waals surface area contributed by atoms with Gasteiger partial charge in [0.05, 0.1) is 11.8 Å². The third-order valence-electron chi connectivity index (χ3n) is 4.91. The van der Waals surface area contributed by atoms with E-state index in [1.807, 2.05) is 29.9 Å². The average molecular weight is 312 g/mol. The normalized spacial score (nSPS) is 15.7. The third-order valence-corrected chi connectivity index (χ3v) is 4.91. The first-order chi connectivity index (χ1) is 11.1. The molecule has 1 N–H and O–H groups in total. The average Bonchev–Trinajstić information content (AvgIpc) is 3.02. The van der Waals surface area contributed by atoms with Crippen molar-refractivity contribution in [3.63, 3.8) is 0 Å². The maximum absolute atomic E-state index is 11.1. The molecule has 1 heterocycles. The Morgan fingerprint density at radius 2 is 2.04 bits per heavy atom. The predicted molar refractivity (Wildman–Crippen MR) is 90.6 cm³/mol. The lowest BCUT2D eigenvalue weighted by Gasteiger charge is -2.21. The van der Waals surface area contributed by atoms with Crippen molar-refractivity contribution < 1.29 is 9.90 Å². The van der Waals surface area contributed by atoms with Gasteiger partial charge in [-0.15, -0.1) is 0 Å². The van der Waals surface area contributed by atoms with Crippen molar-refractivity contribution in [2.24, 2.45) is 5.92 Å². The van der Waals surface area contributed by atoms with E-state index in [0.717, 1.165) is 29.2 Å². The second-order valence-electron chi connectivity index (χ2n) is 6.62. The smallest absolute Gasteiger partial charge is 0.335 e. The Morgan fingerprint density at radius 1 is 1.26 bits per heavy atom. The minimum Gasteiger partial charge on any atom is -0.478 e. The first-order valence-corrected chi connectivity index (χ1v) is 8.50. The van der Waals surface area contributed by atoms with Gasteiger partial charge in [0.1, 0.15) is 0 Å². The summed E-state index contributed by atoms with van der Waals surface area (Å²) in [4.78, 5) is 11.1. The van der Waals surface area contributed by atoms with Crippen molar-refractivity contribution in [1.29, 1.82) is 0 Å². The number of aromatic nitrogens is 2. The van der Waals surface area contributed by atoms with Gasteiger partial charge in [-0.05, 0) is 36.5 Å². The lowest BCUT2D eigenvalue weighted by Crippen LogP contribution is -2.10. The fourth-order valence-electron chi connectivity index (χ4n) is 3.51. The fourth-order valence-corrected chi connectivity index (χ4v) is 3.51. The molecule has 0 amide bonds. The molecule has 1 fully saturated rings. The van der Waals surface area contributed by atoms with Crippen LogP contribution in [0.1, 0.15) is 54.4 Å². The molecular formula is C19H24N2O2. The number of hydrogen-bond donors (Lipinski definition) is 1. The van der Waals surface area contributed by atoms with Crippen LogP contribution in [0.2, 0.25) is 0 Å². The molecule has 1 aromatic heterocycles. The molecule has 2 aromatic rings. The van der Waals surface area contributed by atoms with Gasteiger partial charge in [0.2, 0.25) is 0 Å². The van der Waals surface area contributed by atoms with E-state index in [1.54, 1.807) is 6.07 Å². The lowest BCUT2D eigenvalue weighted by atomic mass is 9.87. The van der Waals surface area contributed by atoms with Crippen molar-refractivity contribution >= 4 is 5.97 Å². The number of carbonyl (C=O) groups is 1. The number of aromatic carboxylic acids is 1. The Hall–Kier alpha value is -2.10. The van der Waals surface area contributed by atoms with E-state index in [1.165, 1.54) is 38.5 Å². The van der Waals surface area contributed by atoms with Gasteiger partial charge >= 0.3 is 5.97 Å². The van der Waals surface area contributed by atoms with Gasteiger partial charge in [-0.25, -0.2) is 4.79 Å². The van der Waals surface area contributed by atoms with Gasteiger partial charge in [-0.1, -0.05) is 44.2 Å². The van der Waals surface area contributed by atoms with E-state index in [4.69, 9.17) is 5.11 Å². The van der Waals surface area contributed by atoms with Crippen molar-refractivity contribution in [1.82, 2.24) is 9.78 Å². The molecular weight excluding hydrogens is 288 g/mol. The molecule has 1 aromatic carbocycles. The van der Waals surface area contributed by atoms with Crippen LogP contribution in [0.15, 0.2) is 30.6 Å². The molecule has 0 spiro atoms. The summed E-state index contributed by atoms with van der Waals surface area (Å²) in [6.45, 7) is 2.80. The van der Waals surface area contributed by atoms with Gasteiger partial charge in [-0.2, -0.15) is 5.10 Å². The van der Waals surface area contributed by atoms with E-state index in [-0.39, 0.29) is 0 Å². The Kier molecular flexibility index (Phi) is 4.79. The third kappa shape index (κ3) is 3.81. The maximum atomic E-state index is 11.1. The summed E-state index contributed by atoms with van der Waals surface area (Å²) in [5.74, 6) is -0.0225. The highest BCUT2D eigenvalue weighted by molar-refractivity contribution is 5.90.